The third kappa shape index (κ3) is 9.39. The molecule has 1 aromatic heterocycles. The van der Waals surface area contributed by atoms with Gasteiger partial charge in [-0.25, -0.2) is 4.98 Å². The van der Waals surface area contributed by atoms with Crippen LogP contribution in [0, 0.1) is 6.92 Å². The van der Waals surface area contributed by atoms with Gasteiger partial charge in [0.05, 0.1) is 12.8 Å². The van der Waals surface area contributed by atoms with Gasteiger partial charge in [0.25, 0.3) is 11.8 Å². The van der Waals surface area contributed by atoms with E-state index >= 15 is 0 Å². The summed E-state index contributed by atoms with van der Waals surface area (Å²) in [5.74, 6) is -0.350. The smallest absolute Gasteiger partial charge is 0.272 e. The van der Waals surface area contributed by atoms with Crippen LogP contribution in [0.1, 0.15) is 32.3 Å². The summed E-state index contributed by atoms with van der Waals surface area (Å²) < 4.78 is 5.34. The Kier molecular flexibility index (Phi) is 11.4. The van der Waals surface area contributed by atoms with Crippen LogP contribution in [0.5, 0.6) is 5.75 Å². The normalized spacial score (nSPS) is 11.7. The highest BCUT2D eigenvalue weighted by Gasteiger charge is 2.24. The fourth-order valence-corrected chi connectivity index (χ4v) is 6.89. The van der Waals surface area contributed by atoms with Crippen molar-refractivity contribution < 1.29 is 19.1 Å². The molecule has 1 unspecified atom stereocenters. The number of nitrogens with one attached hydrogen (secondary N) is 3. The molecular formula is C41H34N4O4S2. The maximum atomic E-state index is 13.7. The third-order valence-electron chi connectivity index (χ3n) is 7.69. The molecule has 0 fully saturated rings. The number of anilines is 2. The first-order chi connectivity index (χ1) is 24.8. The molecule has 0 saturated carbocycles. The molecule has 0 bridgehead atoms. The van der Waals surface area contributed by atoms with Gasteiger partial charge in [-0.05, 0) is 72.7 Å². The summed E-state index contributed by atoms with van der Waals surface area (Å²) in [6.07, 6.45) is 1.65. The first-order valence-electron chi connectivity index (χ1n) is 16.0. The number of nitrogens with zero attached hydrogens (tertiary/aromatic N) is 1. The molecule has 1 heterocycles. The Labute approximate surface area is 304 Å². The molecule has 6 rings (SSSR count). The number of benzene rings is 5. The summed E-state index contributed by atoms with van der Waals surface area (Å²) in [7, 11) is 1.62. The number of rotatable bonds is 12. The minimum absolute atomic E-state index is 0.102. The first-order valence-corrected chi connectivity index (χ1v) is 17.8. The van der Waals surface area contributed by atoms with E-state index in [0.717, 1.165) is 38.6 Å². The Morgan fingerprint density at radius 1 is 0.804 bits per heavy atom. The summed E-state index contributed by atoms with van der Waals surface area (Å²) in [5, 5.41) is 10.5. The van der Waals surface area contributed by atoms with Crippen LogP contribution in [0.4, 0.5) is 10.8 Å². The quantitative estimate of drug-likeness (QED) is 0.0864. The minimum Gasteiger partial charge on any atom is -0.497 e. The molecule has 5 aromatic carbocycles. The zero-order chi connectivity index (χ0) is 35.6. The van der Waals surface area contributed by atoms with E-state index in [9.17, 15) is 14.4 Å². The molecule has 8 nitrogen and oxygen atoms in total. The lowest BCUT2D eigenvalue weighted by atomic mass is 10.1. The molecule has 0 radical (unpaired) electrons. The zero-order valence-electron chi connectivity index (χ0n) is 27.8. The van der Waals surface area contributed by atoms with Crippen molar-refractivity contribution in [2.24, 2.45) is 0 Å². The Bertz CT molecular complexity index is 2170. The van der Waals surface area contributed by atoms with Crippen LogP contribution in [0.15, 0.2) is 149 Å². The number of methoxy groups -OCH3 is 1. The second-order valence-electron chi connectivity index (χ2n) is 11.4. The molecule has 6 aromatic rings. The van der Waals surface area contributed by atoms with Crippen LogP contribution in [-0.2, 0) is 9.59 Å². The van der Waals surface area contributed by atoms with E-state index in [-0.39, 0.29) is 11.6 Å². The van der Waals surface area contributed by atoms with Crippen molar-refractivity contribution in [3.63, 3.8) is 0 Å². The van der Waals surface area contributed by atoms with Gasteiger partial charge in [-0.3, -0.25) is 14.4 Å². The number of hydrogen-bond donors (Lipinski definition) is 3. The van der Waals surface area contributed by atoms with E-state index in [4.69, 9.17) is 4.74 Å². The topological polar surface area (TPSA) is 109 Å². The molecule has 254 valence electrons. The fourth-order valence-electron chi connectivity index (χ4n) is 5.14. The number of ether oxygens (including phenoxy) is 1. The molecular weight excluding hydrogens is 677 g/mol. The van der Waals surface area contributed by atoms with Gasteiger partial charge in [0.1, 0.15) is 16.7 Å². The van der Waals surface area contributed by atoms with Crippen molar-refractivity contribution in [1.82, 2.24) is 10.3 Å². The van der Waals surface area contributed by atoms with Gasteiger partial charge in [0.15, 0.2) is 5.13 Å². The first kappa shape index (κ1) is 34.9. The van der Waals surface area contributed by atoms with E-state index in [0.29, 0.717) is 16.4 Å². The molecule has 0 aliphatic heterocycles. The van der Waals surface area contributed by atoms with Crippen LogP contribution in [0.25, 0.3) is 17.3 Å². The van der Waals surface area contributed by atoms with Crippen LogP contribution >= 0.6 is 23.1 Å². The van der Waals surface area contributed by atoms with Crippen molar-refractivity contribution in [2.45, 2.75) is 17.1 Å². The lowest BCUT2D eigenvalue weighted by Gasteiger charge is -2.17. The molecule has 1 atom stereocenters. The van der Waals surface area contributed by atoms with E-state index < -0.39 is 17.1 Å². The average molecular weight is 711 g/mol. The minimum atomic E-state index is -0.576. The Hall–Kier alpha value is -5.97. The Balaban J connectivity index is 1.17. The monoisotopic (exact) mass is 710 g/mol. The largest absolute Gasteiger partial charge is 0.497 e. The number of carbonyl (C=O) groups excluding carboxylic acids is 3. The summed E-state index contributed by atoms with van der Waals surface area (Å²) in [4.78, 5) is 45.8. The Morgan fingerprint density at radius 3 is 2.25 bits per heavy atom. The number of aryl methyl sites for hydroxylation is 1. The predicted octanol–water partition coefficient (Wildman–Crippen LogP) is 9.01. The summed E-state index contributed by atoms with van der Waals surface area (Å²) in [5.41, 5.74) is 5.34. The zero-order valence-corrected chi connectivity index (χ0v) is 29.5. The Morgan fingerprint density at radius 2 is 1.53 bits per heavy atom. The molecule has 0 aliphatic rings. The molecule has 51 heavy (non-hydrogen) atoms. The highest BCUT2D eigenvalue weighted by Crippen LogP contribution is 2.37. The number of amides is 3. The summed E-state index contributed by atoms with van der Waals surface area (Å²) in [6, 6.07) is 40.8. The van der Waals surface area contributed by atoms with Gasteiger partial charge in [0, 0.05) is 27.1 Å². The van der Waals surface area contributed by atoms with Gasteiger partial charge in [-0.1, -0.05) is 90.5 Å². The van der Waals surface area contributed by atoms with Crippen molar-refractivity contribution in [3.8, 4) is 17.0 Å². The van der Waals surface area contributed by atoms with E-state index in [2.05, 4.69) is 20.9 Å². The van der Waals surface area contributed by atoms with Gasteiger partial charge in [0.2, 0.25) is 5.91 Å². The van der Waals surface area contributed by atoms with E-state index in [1.165, 1.54) is 23.1 Å². The van der Waals surface area contributed by atoms with Crippen LogP contribution in [-0.4, -0.2) is 29.8 Å². The van der Waals surface area contributed by atoms with Gasteiger partial charge in [-0.2, -0.15) is 0 Å². The maximum Gasteiger partial charge on any atom is 0.272 e. The van der Waals surface area contributed by atoms with Crippen LogP contribution in [0.2, 0.25) is 0 Å². The van der Waals surface area contributed by atoms with Crippen molar-refractivity contribution in [3.05, 3.63) is 167 Å². The number of thiazole rings is 1. The van der Waals surface area contributed by atoms with Gasteiger partial charge >= 0.3 is 0 Å². The van der Waals surface area contributed by atoms with Gasteiger partial charge < -0.3 is 20.7 Å². The second-order valence-corrected chi connectivity index (χ2v) is 13.5. The van der Waals surface area contributed by atoms with Crippen molar-refractivity contribution >= 4 is 57.7 Å². The SMILES string of the molecule is COc1cccc(-c2csc(NC(=O)C(Sc3ccc(NC(=O)/C(=C/c4cccc(C)c4)NC(=O)c4ccccc4)cc3)c3ccccc3)n2)c1. The lowest BCUT2D eigenvalue weighted by molar-refractivity contribution is -0.116. The number of thioether (sulfide) groups is 1. The maximum absolute atomic E-state index is 13.7. The predicted molar refractivity (Wildman–Crippen MR) is 206 cm³/mol. The second kappa shape index (κ2) is 16.6. The highest BCUT2D eigenvalue weighted by atomic mass is 32.2. The van der Waals surface area contributed by atoms with Crippen LogP contribution in [0.3, 0.4) is 0 Å². The molecule has 0 spiro atoms. The third-order valence-corrected chi connectivity index (χ3v) is 9.71. The molecule has 3 N–H and O–H groups in total. The summed E-state index contributed by atoms with van der Waals surface area (Å²) >= 11 is 2.74. The van der Waals surface area contributed by atoms with Crippen molar-refractivity contribution in [1.29, 1.82) is 0 Å². The number of hydrogen-bond acceptors (Lipinski definition) is 7. The lowest BCUT2D eigenvalue weighted by Crippen LogP contribution is -2.30. The van der Waals surface area contributed by atoms with Crippen LogP contribution < -0.4 is 20.7 Å². The van der Waals surface area contributed by atoms with E-state index in [1.807, 2.05) is 109 Å². The van der Waals surface area contributed by atoms with Gasteiger partial charge in [-0.15, -0.1) is 23.1 Å². The average Bonchev–Trinajstić information content (AvgIpc) is 3.63. The molecule has 0 aliphatic carbocycles. The summed E-state index contributed by atoms with van der Waals surface area (Å²) in [6.45, 7) is 1.96. The number of aromatic nitrogens is 1. The highest BCUT2D eigenvalue weighted by molar-refractivity contribution is 8.00. The fraction of sp³-hybridized carbons (Fsp3) is 0.0732. The number of carbonyl (C=O) groups is 3. The van der Waals surface area contributed by atoms with Crippen molar-refractivity contribution in [2.75, 3.05) is 17.7 Å². The molecule has 10 heteroatoms. The van der Waals surface area contributed by atoms with E-state index in [1.54, 1.807) is 49.6 Å². The molecule has 0 saturated heterocycles. The molecule has 3 amide bonds. The standard InChI is InChI=1S/C41H34N4O4S2/c1-27-11-9-12-28(23-27)24-35(43-38(46)30-15-7-4-8-16-30)39(47)42-32-19-21-34(22-20-32)51-37(29-13-5-3-6-14-29)40(48)45-41-44-36(26-50-41)31-17-10-18-33(25-31)49-2/h3-26,37H,1-2H3,(H,42,47)(H,43,46)(H,44,45,48)/b35-24-.